The Morgan fingerprint density at radius 3 is 3.15 bits per heavy atom. The predicted octanol–water partition coefficient (Wildman–Crippen LogP) is 2.39. The van der Waals surface area contributed by atoms with E-state index in [4.69, 9.17) is 5.11 Å². The fourth-order valence-corrected chi connectivity index (χ4v) is 2.28. The Kier molecular flexibility index (Phi) is 2.29. The molecule has 0 bridgehead atoms. The molecule has 1 unspecified atom stereocenters. The lowest BCUT2D eigenvalue weighted by molar-refractivity contribution is 0.274. The molecule has 68 valence electrons. The number of aliphatic hydroxyl groups excluding tert-OH is 1. The monoisotopic (exact) mass is 193 g/mol. The van der Waals surface area contributed by atoms with Gasteiger partial charge in [-0.15, -0.1) is 0 Å². The summed E-state index contributed by atoms with van der Waals surface area (Å²) in [5.41, 5.74) is 1.20. The van der Waals surface area contributed by atoms with E-state index in [0.29, 0.717) is 0 Å². The highest BCUT2D eigenvalue weighted by molar-refractivity contribution is 7.13. The Morgan fingerprint density at radius 2 is 2.38 bits per heavy atom. The summed E-state index contributed by atoms with van der Waals surface area (Å²) in [7, 11) is 0. The average Bonchev–Trinajstić information content (AvgIpc) is 2.63. The first-order chi connectivity index (χ1) is 6.33. The summed E-state index contributed by atoms with van der Waals surface area (Å²) in [4.78, 5) is 0. The molecule has 2 aromatic rings. The van der Waals surface area contributed by atoms with Gasteiger partial charge in [-0.3, -0.25) is 0 Å². The summed E-state index contributed by atoms with van der Waals surface area (Å²) < 4.78 is 5.34. The summed E-state index contributed by atoms with van der Waals surface area (Å²) in [6.45, 7) is 2.21. The van der Waals surface area contributed by atoms with Gasteiger partial charge in [0, 0.05) is 24.1 Å². The van der Waals surface area contributed by atoms with Crippen LogP contribution in [0, 0.1) is 0 Å². The third kappa shape index (κ3) is 1.45. The van der Waals surface area contributed by atoms with Crippen molar-refractivity contribution in [3.63, 3.8) is 0 Å². The van der Waals surface area contributed by atoms with Crippen molar-refractivity contribution in [3.05, 3.63) is 30.0 Å². The van der Waals surface area contributed by atoms with Gasteiger partial charge in [0.15, 0.2) is 0 Å². The summed E-state index contributed by atoms with van der Waals surface area (Å²) in [5.74, 6) is 0.198. The van der Waals surface area contributed by atoms with Crippen molar-refractivity contribution < 1.29 is 5.11 Å². The molecule has 0 aliphatic rings. The standard InChI is InChI=1S/C10H11NOS/c1-7(6-12)9-4-2-3-8-5-11-13-10(8)9/h2-5,7,12H,6H2,1H3. The first-order valence-electron chi connectivity index (χ1n) is 4.27. The minimum atomic E-state index is 0.191. The van der Waals surface area contributed by atoms with E-state index in [2.05, 4.69) is 10.4 Å². The van der Waals surface area contributed by atoms with Crippen LogP contribution < -0.4 is 0 Å². The molecule has 0 saturated heterocycles. The van der Waals surface area contributed by atoms with Gasteiger partial charge in [-0.25, -0.2) is 0 Å². The maximum absolute atomic E-state index is 9.07. The number of aromatic nitrogens is 1. The van der Waals surface area contributed by atoms with Gasteiger partial charge in [-0.05, 0) is 17.1 Å². The second-order valence-electron chi connectivity index (χ2n) is 3.18. The number of benzene rings is 1. The lowest BCUT2D eigenvalue weighted by Crippen LogP contribution is -1.98. The van der Waals surface area contributed by atoms with Crippen LogP contribution in [0.3, 0.4) is 0 Å². The number of hydrogen-bond acceptors (Lipinski definition) is 3. The second kappa shape index (κ2) is 3.44. The molecule has 1 heterocycles. The third-order valence-electron chi connectivity index (χ3n) is 2.22. The molecule has 1 atom stereocenters. The van der Waals surface area contributed by atoms with Crippen LogP contribution in [0.1, 0.15) is 18.4 Å². The van der Waals surface area contributed by atoms with Crippen LogP contribution in [0.4, 0.5) is 0 Å². The molecule has 3 heteroatoms. The van der Waals surface area contributed by atoms with E-state index in [1.165, 1.54) is 27.2 Å². The number of rotatable bonds is 2. The first kappa shape index (κ1) is 8.66. The normalized spacial score (nSPS) is 13.4. The topological polar surface area (TPSA) is 33.1 Å². The Morgan fingerprint density at radius 1 is 1.54 bits per heavy atom. The molecule has 0 spiro atoms. The molecular weight excluding hydrogens is 182 g/mol. The Hall–Kier alpha value is -0.930. The van der Waals surface area contributed by atoms with E-state index in [0.717, 1.165) is 0 Å². The van der Waals surface area contributed by atoms with E-state index in [-0.39, 0.29) is 12.5 Å². The highest BCUT2D eigenvalue weighted by Crippen LogP contribution is 2.27. The number of fused-ring (bicyclic) bond motifs is 1. The molecule has 2 rings (SSSR count). The van der Waals surface area contributed by atoms with Crippen molar-refractivity contribution in [1.29, 1.82) is 0 Å². The van der Waals surface area contributed by atoms with E-state index >= 15 is 0 Å². The molecule has 1 N–H and O–H groups in total. The molecule has 0 fully saturated rings. The number of hydrogen-bond donors (Lipinski definition) is 1. The van der Waals surface area contributed by atoms with Crippen LogP contribution in [0.25, 0.3) is 10.1 Å². The zero-order valence-corrected chi connectivity index (χ0v) is 8.21. The van der Waals surface area contributed by atoms with Gasteiger partial charge in [-0.1, -0.05) is 25.1 Å². The molecule has 1 aromatic carbocycles. The van der Waals surface area contributed by atoms with Crippen molar-refractivity contribution in [2.24, 2.45) is 0 Å². The molecule has 13 heavy (non-hydrogen) atoms. The van der Waals surface area contributed by atoms with E-state index in [9.17, 15) is 0 Å². The molecule has 0 aliphatic carbocycles. The minimum Gasteiger partial charge on any atom is -0.396 e. The Labute approximate surface area is 81.0 Å². The summed E-state index contributed by atoms with van der Waals surface area (Å²) in [6, 6.07) is 6.12. The predicted molar refractivity (Wildman–Crippen MR) is 55.1 cm³/mol. The number of aliphatic hydroxyl groups is 1. The van der Waals surface area contributed by atoms with Crippen LogP contribution >= 0.6 is 11.5 Å². The maximum atomic E-state index is 9.07. The molecule has 1 aromatic heterocycles. The van der Waals surface area contributed by atoms with Gasteiger partial charge in [0.25, 0.3) is 0 Å². The fraction of sp³-hybridized carbons (Fsp3) is 0.300. The third-order valence-corrected chi connectivity index (χ3v) is 3.08. The molecular formula is C10H11NOS. The van der Waals surface area contributed by atoms with E-state index in [1.54, 1.807) is 0 Å². The van der Waals surface area contributed by atoms with E-state index < -0.39 is 0 Å². The van der Waals surface area contributed by atoms with Crippen LogP contribution in [-0.2, 0) is 0 Å². The van der Waals surface area contributed by atoms with Crippen molar-refractivity contribution in [1.82, 2.24) is 4.37 Å². The zero-order chi connectivity index (χ0) is 9.26. The minimum absolute atomic E-state index is 0.191. The van der Waals surface area contributed by atoms with Gasteiger partial charge >= 0.3 is 0 Å². The van der Waals surface area contributed by atoms with Gasteiger partial charge in [-0.2, -0.15) is 4.37 Å². The quantitative estimate of drug-likeness (QED) is 0.794. The zero-order valence-electron chi connectivity index (χ0n) is 7.40. The first-order valence-corrected chi connectivity index (χ1v) is 5.04. The SMILES string of the molecule is CC(CO)c1cccc2cnsc12. The molecule has 0 aliphatic heterocycles. The van der Waals surface area contributed by atoms with Gasteiger partial charge < -0.3 is 5.11 Å². The molecule has 0 saturated carbocycles. The maximum Gasteiger partial charge on any atom is 0.0585 e. The van der Waals surface area contributed by atoms with Crippen molar-refractivity contribution in [3.8, 4) is 0 Å². The molecule has 0 radical (unpaired) electrons. The van der Waals surface area contributed by atoms with Crippen molar-refractivity contribution in [2.75, 3.05) is 6.61 Å². The highest BCUT2D eigenvalue weighted by atomic mass is 32.1. The van der Waals surface area contributed by atoms with Gasteiger partial charge in [0.2, 0.25) is 0 Å². The Bertz CT molecular complexity index is 410. The van der Waals surface area contributed by atoms with E-state index in [1.807, 2.05) is 25.3 Å². The summed E-state index contributed by atoms with van der Waals surface area (Å²) >= 11 is 1.50. The van der Waals surface area contributed by atoms with Crippen molar-refractivity contribution >= 4 is 21.6 Å². The van der Waals surface area contributed by atoms with Crippen LogP contribution in [-0.4, -0.2) is 16.1 Å². The molecule has 0 amide bonds. The lowest BCUT2D eigenvalue weighted by Gasteiger charge is -2.08. The second-order valence-corrected chi connectivity index (χ2v) is 3.98. The smallest absolute Gasteiger partial charge is 0.0585 e. The largest absolute Gasteiger partial charge is 0.396 e. The number of nitrogens with zero attached hydrogens (tertiary/aromatic N) is 1. The lowest BCUT2D eigenvalue weighted by atomic mass is 10.0. The van der Waals surface area contributed by atoms with Crippen LogP contribution in [0.5, 0.6) is 0 Å². The highest BCUT2D eigenvalue weighted by Gasteiger charge is 2.09. The van der Waals surface area contributed by atoms with Crippen molar-refractivity contribution in [2.45, 2.75) is 12.8 Å². The van der Waals surface area contributed by atoms with Crippen LogP contribution in [0.15, 0.2) is 24.4 Å². The molecule has 2 nitrogen and oxygen atoms in total. The van der Waals surface area contributed by atoms with Gasteiger partial charge in [0.05, 0.1) is 4.70 Å². The van der Waals surface area contributed by atoms with Crippen LogP contribution in [0.2, 0.25) is 0 Å². The summed E-state index contributed by atoms with van der Waals surface area (Å²) in [6.07, 6.45) is 1.87. The summed E-state index contributed by atoms with van der Waals surface area (Å²) in [5, 5.41) is 10.2. The Balaban J connectivity index is 2.60. The van der Waals surface area contributed by atoms with Gasteiger partial charge in [0.1, 0.15) is 0 Å². The average molecular weight is 193 g/mol. The fourth-order valence-electron chi connectivity index (χ4n) is 1.40.